The van der Waals surface area contributed by atoms with Gasteiger partial charge in [0.1, 0.15) is 0 Å². The standard InChI is InChI=1S/C26H42N2O2.ClH/c1-6-7-14-27-15-17-28(18-16-27)24-19-21(25(29)30-5)10-13-23(24)20-8-11-22(12-9-20)26(2,3)4;/h10,13,19-20,22H,6-9,11-12,14-18H2,1-5H3;1H. The zero-order valence-electron chi connectivity index (χ0n) is 20.3. The summed E-state index contributed by atoms with van der Waals surface area (Å²) in [5, 5.41) is 0. The van der Waals surface area contributed by atoms with E-state index in [9.17, 15) is 4.79 Å². The SMILES string of the molecule is CCCCN1CCN(c2cc(C(=O)OC)ccc2C2CCC(C(C)(C)C)CC2)CC1.Cl. The van der Waals surface area contributed by atoms with Crippen molar-refractivity contribution in [3.05, 3.63) is 29.3 Å². The van der Waals surface area contributed by atoms with Crippen molar-refractivity contribution in [2.75, 3.05) is 44.7 Å². The van der Waals surface area contributed by atoms with Crippen LogP contribution in [0.4, 0.5) is 5.69 Å². The van der Waals surface area contributed by atoms with Gasteiger partial charge in [0.15, 0.2) is 0 Å². The molecule has 4 nitrogen and oxygen atoms in total. The van der Waals surface area contributed by atoms with Crippen molar-refractivity contribution in [1.82, 2.24) is 4.90 Å². The van der Waals surface area contributed by atoms with Gasteiger partial charge in [0.25, 0.3) is 0 Å². The second kappa shape index (κ2) is 11.6. The first-order valence-corrected chi connectivity index (χ1v) is 12.0. The van der Waals surface area contributed by atoms with Gasteiger partial charge in [0.05, 0.1) is 12.7 Å². The molecule has 1 aromatic rings. The van der Waals surface area contributed by atoms with Gasteiger partial charge in [-0.25, -0.2) is 4.79 Å². The number of nitrogens with zero attached hydrogens (tertiary/aromatic N) is 2. The molecule has 2 fully saturated rings. The third-order valence-electron chi connectivity index (χ3n) is 7.38. The number of esters is 1. The molecule has 31 heavy (non-hydrogen) atoms. The van der Waals surface area contributed by atoms with Crippen molar-refractivity contribution in [2.45, 2.75) is 72.1 Å². The van der Waals surface area contributed by atoms with Gasteiger partial charge in [-0.15, -0.1) is 12.4 Å². The second-order valence-electron chi connectivity index (χ2n) is 10.4. The molecule has 0 bridgehead atoms. The average Bonchev–Trinajstić information content (AvgIpc) is 2.76. The zero-order chi connectivity index (χ0) is 21.7. The first kappa shape index (κ1) is 26.0. The van der Waals surface area contributed by atoms with Crippen LogP contribution in [0.5, 0.6) is 0 Å². The van der Waals surface area contributed by atoms with Crippen LogP contribution in [0.1, 0.15) is 88.1 Å². The summed E-state index contributed by atoms with van der Waals surface area (Å²) in [6.07, 6.45) is 7.64. The first-order valence-electron chi connectivity index (χ1n) is 12.0. The number of ether oxygens (including phenoxy) is 1. The third-order valence-corrected chi connectivity index (χ3v) is 7.38. The van der Waals surface area contributed by atoms with E-state index in [0.29, 0.717) is 16.9 Å². The van der Waals surface area contributed by atoms with E-state index in [4.69, 9.17) is 4.74 Å². The molecular weight excluding hydrogens is 408 g/mol. The molecule has 3 rings (SSSR count). The third kappa shape index (κ3) is 6.61. The Bertz CT molecular complexity index is 700. The molecule has 0 unspecified atom stereocenters. The Labute approximate surface area is 196 Å². The van der Waals surface area contributed by atoms with Gasteiger partial charge in [-0.2, -0.15) is 0 Å². The zero-order valence-corrected chi connectivity index (χ0v) is 21.1. The van der Waals surface area contributed by atoms with E-state index in [1.165, 1.54) is 63.4 Å². The summed E-state index contributed by atoms with van der Waals surface area (Å²) < 4.78 is 5.01. The number of rotatable bonds is 6. The normalized spacial score (nSPS) is 22.7. The van der Waals surface area contributed by atoms with E-state index in [0.717, 1.165) is 32.1 Å². The smallest absolute Gasteiger partial charge is 0.337 e. The number of benzene rings is 1. The highest BCUT2D eigenvalue weighted by Gasteiger charge is 2.32. The van der Waals surface area contributed by atoms with E-state index in [1.807, 2.05) is 6.07 Å². The van der Waals surface area contributed by atoms with Crippen molar-refractivity contribution in [1.29, 1.82) is 0 Å². The van der Waals surface area contributed by atoms with Gasteiger partial charge in [0.2, 0.25) is 0 Å². The quantitative estimate of drug-likeness (QED) is 0.487. The fourth-order valence-corrected chi connectivity index (χ4v) is 5.27. The van der Waals surface area contributed by atoms with Crippen molar-refractivity contribution < 1.29 is 9.53 Å². The molecule has 0 atom stereocenters. The largest absolute Gasteiger partial charge is 0.465 e. The molecular formula is C26H43ClN2O2. The lowest BCUT2D eigenvalue weighted by atomic mass is 9.68. The first-order chi connectivity index (χ1) is 14.3. The number of anilines is 1. The Balaban J connectivity index is 0.00000341. The maximum atomic E-state index is 12.2. The number of hydrogen-bond donors (Lipinski definition) is 0. The molecule has 1 aromatic carbocycles. The van der Waals surface area contributed by atoms with Crippen molar-refractivity contribution in [2.24, 2.45) is 11.3 Å². The predicted molar refractivity (Wildman–Crippen MR) is 133 cm³/mol. The monoisotopic (exact) mass is 450 g/mol. The second-order valence-corrected chi connectivity index (χ2v) is 10.4. The number of carbonyl (C=O) groups excluding carboxylic acids is 1. The minimum atomic E-state index is -0.235. The maximum Gasteiger partial charge on any atom is 0.337 e. The van der Waals surface area contributed by atoms with E-state index >= 15 is 0 Å². The highest BCUT2D eigenvalue weighted by molar-refractivity contribution is 5.91. The molecule has 1 saturated carbocycles. The molecule has 0 spiro atoms. The fourth-order valence-electron chi connectivity index (χ4n) is 5.27. The molecule has 1 aliphatic carbocycles. The summed E-state index contributed by atoms with van der Waals surface area (Å²) in [5.74, 6) is 1.18. The Morgan fingerprint density at radius 1 is 1.06 bits per heavy atom. The van der Waals surface area contributed by atoms with Crippen molar-refractivity contribution >= 4 is 24.1 Å². The Morgan fingerprint density at radius 3 is 2.26 bits per heavy atom. The van der Waals surface area contributed by atoms with Crippen LogP contribution in [0.2, 0.25) is 0 Å². The summed E-state index contributed by atoms with van der Waals surface area (Å²) in [6.45, 7) is 14.9. The van der Waals surface area contributed by atoms with Crippen LogP contribution >= 0.6 is 12.4 Å². The Hall–Kier alpha value is -1.26. The number of methoxy groups -OCH3 is 1. The van der Waals surface area contributed by atoms with Gasteiger partial charge < -0.3 is 9.64 Å². The van der Waals surface area contributed by atoms with Gasteiger partial charge in [-0.3, -0.25) is 4.90 Å². The summed E-state index contributed by atoms with van der Waals surface area (Å²) in [6, 6.07) is 6.28. The number of hydrogen-bond acceptors (Lipinski definition) is 4. The molecule has 1 heterocycles. The van der Waals surface area contributed by atoms with Crippen LogP contribution < -0.4 is 4.90 Å². The fraction of sp³-hybridized carbons (Fsp3) is 0.731. The maximum absolute atomic E-state index is 12.2. The number of carbonyl (C=O) groups is 1. The summed E-state index contributed by atoms with van der Waals surface area (Å²) in [4.78, 5) is 17.3. The molecule has 176 valence electrons. The molecule has 0 N–H and O–H groups in total. The van der Waals surface area contributed by atoms with Crippen molar-refractivity contribution in [3.63, 3.8) is 0 Å². The highest BCUT2D eigenvalue weighted by Crippen LogP contribution is 2.45. The van der Waals surface area contributed by atoms with Crippen LogP contribution in [0.3, 0.4) is 0 Å². The summed E-state index contributed by atoms with van der Waals surface area (Å²) in [5.41, 5.74) is 3.79. The van der Waals surface area contributed by atoms with Crippen LogP contribution in [-0.4, -0.2) is 50.7 Å². The lowest BCUT2D eigenvalue weighted by Crippen LogP contribution is -2.47. The van der Waals surface area contributed by atoms with Gasteiger partial charge in [-0.1, -0.05) is 40.2 Å². The van der Waals surface area contributed by atoms with Crippen LogP contribution in [0.25, 0.3) is 0 Å². The molecule has 0 radical (unpaired) electrons. The van der Waals surface area contributed by atoms with Gasteiger partial charge >= 0.3 is 5.97 Å². The van der Waals surface area contributed by atoms with Crippen LogP contribution in [0, 0.1) is 11.3 Å². The minimum Gasteiger partial charge on any atom is -0.465 e. The van der Waals surface area contributed by atoms with E-state index < -0.39 is 0 Å². The molecule has 5 heteroatoms. The van der Waals surface area contributed by atoms with E-state index in [2.05, 4.69) is 49.6 Å². The van der Waals surface area contributed by atoms with Crippen molar-refractivity contribution in [3.8, 4) is 0 Å². The summed E-state index contributed by atoms with van der Waals surface area (Å²) >= 11 is 0. The van der Waals surface area contributed by atoms with Gasteiger partial charge in [-0.05, 0) is 73.6 Å². The highest BCUT2D eigenvalue weighted by atomic mass is 35.5. The lowest BCUT2D eigenvalue weighted by Gasteiger charge is -2.40. The van der Waals surface area contributed by atoms with E-state index in [1.54, 1.807) is 0 Å². The molecule has 0 amide bonds. The topological polar surface area (TPSA) is 32.8 Å². The van der Waals surface area contributed by atoms with Crippen LogP contribution in [0.15, 0.2) is 18.2 Å². The number of halogens is 1. The minimum absolute atomic E-state index is 0. The summed E-state index contributed by atoms with van der Waals surface area (Å²) in [7, 11) is 1.47. The Kier molecular flexibility index (Phi) is 9.69. The van der Waals surface area contributed by atoms with Crippen LogP contribution in [-0.2, 0) is 4.74 Å². The lowest BCUT2D eigenvalue weighted by molar-refractivity contribution is 0.0600. The van der Waals surface area contributed by atoms with Gasteiger partial charge in [0, 0.05) is 31.9 Å². The molecule has 0 aromatic heterocycles. The molecule has 1 aliphatic heterocycles. The average molecular weight is 451 g/mol. The van der Waals surface area contributed by atoms with E-state index in [-0.39, 0.29) is 18.4 Å². The molecule has 1 saturated heterocycles. The molecule has 2 aliphatic rings. The number of piperazine rings is 1. The predicted octanol–water partition coefficient (Wildman–Crippen LogP) is 6.14. The number of unbranched alkanes of at least 4 members (excludes halogenated alkanes) is 1. The Morgan fingerprint density at radius 2 is 1.71 bits per heavy atom.